The van der Waals surface area contributed by atoms with Crippen LogP contribution in [0, 0.1) is 11.8 Å². The maximum absolute atomic E-state index is 12.4. The fraction of sp³-hybridized carbons (Fsp3) is 0.316. The van der Waals surface area contributed by atoms with Gasteiger partial charge in [-0.1, -0.05) is 26.0 Å². The summed E-state index contributed by atoms with van der Waals surface area (Å²) < 4.78 is 67.4. The second kappa shape index (κ2) is 8.73. The first kappa shape index (κ1) is 22.5. The van der Waals surface area contributed by atoms with Crippen LogP contribution in [-0.2, 0) is 21.2 Å². The van der Waals surface area contributed by atoms with E-state index in [1.807, 2.05) is 6.92 Å². The Morgan fingerprint density at radius 2 is 1.62 bits per heavy atom. The Bertz CT molecular complexity index is 943. The first-order valence-corrected chi connectivity index (χ1v) is 10.1. The molecule has 1 unspecified atom stereocenters. The SMILES string of the molecule is CC(C(N)=O)[C@@H](C)Cc1ccc(NS(=O)(=O)c2ccc(OC(F)(F)F)cc2)cc1. The number of amides is 1. The quantitative estimate of drug-likeness (QED) is 0.667. The van der Waals surface area contributed by atoms with Gasteiger partial charge in [-0.2, -0.15) is 0 Å². The molecule has 2 aromatic rings. The van der Waals surface area contributed by atoms with Gasteiger partial charge in [0, 0.05) is 11.6 Å². The highest BCUT2D eigenvalue weighted by Crippen LogP contribution is 2.25. The average molecular weight is 430 g/mol. The molecule has 10 heteroatoms. The highest BCUT2D eigenvalue weighted by Gasteiger charge is 2.31. The van der Waals surface area contributed by atoms with Crippen LogP contribution in [0.25, 0.3) is 0 Å². The molecule has 0 radical (unpaired) electrons. The van der Waals surface area contributed by atoms with E-state index < -0.39 is 22.1 Å². The Balaban J connectivity index is 2.06. The third kappa shape index (κ3) is 6.67. The summed E-state index contributed by atoms with van der Waals surface area (Å²) in [5.41, 5.74) is 6.50. The van der Waals surface area contributed by atoms with Crippen molar-refractivity contribution in [3.05, 3.63) is 54.1 Å². The van der Waals surface area contributed by atoms with Crippen molar-refractivity contribution in [1.82, 2.24) is 0 Å². The number of alkyl halides is 3. The highest BCUT2D eigenvalue weighted by atomic mass is 32.2. The maximum atomic E-state index is 12.4. The molecule has 0 aliphatic carbocycles. The number of ether oxygens (including phenoxy) is 1. The zero-order valence-electron chi connectivity index (χ0n) is 15.7. The summed E-state index contributed by atoms with van der Waals surface area (Å²) >= 11 is 0. The Labute approximate surface area is 166 Å². The number of halogens is 3. The largest absolute Gasteiger partial charge is 0.573 e. The van der Waals surface area contributed by atoms with Crippen LogP contribution in [0.15, 0.2) is 53.4 Å². The summed E-state index contributed by atoms with van der Waals surface area (Å²) in [5, 5.41) is 0. The van der Waals surface area contributed by atoms with Gasteiger partial charge in [0.15, 0.2) is 0 Å². The van der Waals surface area contributed by atoms with Crippen LogP contribution >= 0.6 is 0 Å². The number of hydrogen-bond donors (Lipinski definition) is 2. The van der Waals surface area contributed by atoms with Crippen LogP contribution in [-0.4, -0.2) is 20.7 Å². The van der Waals surface area contributed by atoms with E-state index in [1.54, 1.807) is 31.2 Å². The number of carbonyl (C=O) groups excluding carboxylic acids is 1. The minimum atomic E-state index is -4.85. The van der Waals surface area contributed by atoms with Gasteiger partial charge in [-0.15, -0.1) is 13.2 Å². The highest BCUT2D eigenvalue weighted by molar-refractivity contribution is 7.92. The first-order chi connectivity index (χ1) is 13.4. The van der Waals surface area contributed by atoms with Gasteiger partial charge >= 0.3 is 6.36 Å². The molecule has 2 rings (SSSR count). The van der Waals surface area contributed by atoms with Gasteiger partial charge in [-0.3, -0.25) is 9.52 Å². The van der Waals surface area contributed by atoms with Gasteiger partial charge in [0.05, 0.1) is 4.90 Å². The predicted molar refractivity (Wildman–Crippen MR) is 102 cm³/mol. The van der Waals surface area contributed by atoms with E-state index in [1.165, 1.54) is 0 Å². The van der Waals surface area contributed by atoms with Gasteiger partial charge in [0.2, 0.25) is 5.91 Å². The Morgan fingerprint density at radius 3 is 2.10 bits per heavy atom. The third-order valence-electron chi connectivity index (χ3n) is 4.43. The fourth-order valence-corrected chi connectivity index (χ4v) is 3.63. The van der Waals surface area contributed by atoms with E-state index in [2.05, 4.69) is 9.46 Å². The number of hydrogen-bond acceptors (Lipinski definition) is 4. The molecule has 0 aliphatic rings. The van der Waals surface area contributed by atoms with Crippen LogP contribution in [0.3, 0.4) is 0 Å². The van der Waals surface area contributed by atoms with E-state index in [0.717, 1.165) is 29.8 Å². The van der Waals surface area contributed by atoms with Crippen LogP contribution in [0.4, 0.5) is 18.9 Å². The Hall–Kier alpha value is -2.75. The van der Waals surface area contributed by atoms with Crippen molar-refractivity contribution in [3.8, 4) is 5.75 Å². The summed E-state index contributed by atoms with van der Waals surface area (Å²) in [5.74, 6) is -1.17. The molecule has 3 N–H and O–H groups in total. The number of sulfonamides is 1. The fourth-order valence-electron chi connectivity index (χ4n) is 2.57. The van der Waals surface area contributed by atoms with E-state index in [-0.39, 0.29) is 22.6 Å². The number of nitrogens with one attached hydrogen (secondary N) is 1. The lowest BCUT2D eigenvalue weighted by molar-refractivity contribution is -0.274. The number of benzene rings is 2. The molecule has 0 aliphatic heterocycles. The van der Waals surface area contributed by atoms with Crippen molar-refractivity contribution < 1.29 is 31.1 Å². The van der Waals surface area contributed by atoms with Crippen molar-refractivity contribution in [1.29, 1.82) is 0 Å². The molecular weight excluding hydrogens is 409 g/mol. The zero-order valence-corrected chi connectivity index (χ0v) is 16.5. The zero-order chi connectivity index (χ0) is 21.8. The van der Waals surface area contributed by atoms with Crippen molar-refractivity contribution in [3.63, 3.8) is 0 Å². The summed E-state index contributed by atoms with van der Waals surface area (Å²) in [6, 6.07) is 10.5. The van der Waals surface area contributed by atoms with Crippen LogP contribution in [0.5, 0.6) is 5.75 Å². The molecular formula is C19H21F3N2O4S. The molecule has 2 aromatic carbocycles. The standard InChI is InChI=1S/C19H21F3N2O4S/c1-12(13(2)18(23)25)11-14-3-5-15(6-4-14)24-29(26,27)17-9-7-16(8-10-17)28-19(20,21)22/h3-10,12-13,24H,11H2,1-2H3,(H2,23,25)/t12-,13?/m0/s1. The molecule has 0 heterocycles. The average Bonchev–Trinajstić information content (AvgIpc) is 2.61. The number of primary amides is 1. The lowest BCUT2D eigenvalue weighted by atomic mass is 9.89. The van der Waals surface area contributed by atoms with E-state index in [4.69, 9.17) is 5.73 Å². The normalized spacial score (nSPS) is 14.1. The van der Waals surface area contributed by atoms with Gasteiger partial charge in [-0.25, -0.2) is 8.42 Å². The monoisotopic (exact) mass is 430 g/mol. The summed E-state index contributed by atoms with van der Waals surface area (Å²) in [4.78, 5) is 11.0. The Kier molecular flexibility index (Phi) is 6.78. The molecule has 0 saturated carbocycles. The number of anilines is 1. The summed E-state index contributed by atoms with van der Waals surface area (Å²) in [6.07, 6.45) is -4.26. The van der Waals surface area contributed by atoms with Crippen molar-refractivity contribution >= 4 is 21.6 Å². The molecule has 158 valence electrons. The van der Waals surface area contributed by atoms with Crippen LogP contribution < -0.4 is 15.2 Å². The van der Waals surface area contributed by atoms with Crippen molar-refractivity contribution in [2.45, 2.75) is 31.5 Å². The molecule has 6 nitrogen and oxygen atoms in total. The van der Waals surface area contributed by atoms with Gasteiger partial charge in [0.25, 0.3) is 10.0 Å². The van der Waals surface area contributed by atoms with Crippen molar-refractivity contribution in [2.24, 2.45) is 17.6 Å². The lowest BCUT2D eigenvalue weighted by Crippen LogP contribution is -2.27. The topological polar surface area (TPSA) is 98.5 Å². The summed E-state index contributed by atoms with van der Waals surface area (Å²) in [6.45, 7) is 3.65. The van der Waals surface area contributed by atoms with E-state index >= 15 is 0 Å². The number of nitrogens with two attached hydrogens (primary N) is 1. The second-order valence-electron chi connectivity index (χ2n) is 6.69. The minimum Gasteiger partial charge on any atom is -0.406 e. The Morgan fingerprint density at radius 1 is 1.07 bits per heavy atom. The number of rotatable bonds is 8. The molecule has 0 aromatic heterocycles. The van der Waals surface area contributed by atoms with Gasteiger partial charge < -0.3 is 10.5 Å². The predicted octanol–water partition coefficient (Wildman–Crippen LogP) is 3.69. The van der Waals surface area contributed by atoms with E-state index in [9.17, 15) is 26.4 Å². The molecule has 0 spiro atoms. The molecule has 0 fully saturated rings. The van der Waals surface area contributed by atoms with Crippen LogP contribution in [0.1, 0.15) is 19.4 Å². The maximum Gasteiger partial charge on any atom is 0.573 e. The van der Waals surface area contributed by atoms with Crippen LogP contribution in [0.2, 0.25) is 0 Å². The molecule has 0 bridgehead atoms. The second-order valence-corrected chi connectivity index (χ2v) is 8.38. The molecule has 0 saturated heterocycles. The van der Waals surface area contributed by atoms with Gasteiger partial charge in [0.1, 0.15) is 5.75 Å². The van der Waals surface area contributed by atoms with Crippen molar-refractivity contribution in [2.75, 3.05) is 4.72 Å². The first-order valence-electron chi connectivity index (χ1n) is 8.64. The molecule has 1 amide bonds. The summed E-state index contributed by atoms with van der Waals surface area (Å²) in [7, 11) is -3.98. The van der Waals surface area contributed by atoms with Gasteiger partial charge in [-0.05, 0) is 54.3 Å². The lowest BCUT2D eigenvalue weighted by Gasteiger charge is -2.17. The smallest absolute Gasteiger partial charge is 0.406 e. The third-order valence-corrected chi connectivity index (χ3v) is 5.83. The van der Waals surface area contributed by atoms with E-state index in [0.29, 0.717) is 12.1 Å². The number of carbonyl (C=O) groups is 1. The minimum absolute atomic E-state index is 0.0208. The molecule has 29 heavy (non-hydrogen) atoms. The molecule has 2 atom stereocenters.